The van der Waals surface area contributed by atoms with Gasteiger partial charge in [-0.3, -0.25) is 0 Å². The van der Waals surface area contributed by atoms with Gasteiger partial charge in [0, 0.05) is 5.56 Å². The van der Waals surface area contributed by atoms with Crippen LogP contribution >= 0.6 is 0 Å². The molecular weight excluding hydrogens is 184 g/mol. The molecule has 2 rings (SSSR count). The van der Waals surface area contributed by atoms with E-state index >= 15 is 0 Å². The maximum absolute atomic E-state index is 5.57. The molecule has 0 N–H and O–H groups in total. The van der Waals surface area contributed by atoms with Crippen molar-refractivity contribution in [2.75, 3.05) is 6.61 Å². The Hall–Kier alpha value is -1.24. The molecule has 15 heavy (non-hydrogen) atoms. The fourth-order valence-electron chi connectivity index (χ4n) is 1.93. The zero-order valence-electron chi connectivity index (χ0n) is 9.04. The summed E-state index contributed by atoms with van der Waals surface area (Å²) in [4.78, 5) is 0. The molecule has 0 aromatic heterocycles. The Morgan fingerprint density at radius 2 is 2.07 bits per heavy atom. The van der Waals surface area contributed by atoms with Gasteiger partial charge in [0.25, 0.3) is 0 Å². The van der Waals surface area contributed by atoms with Gasteiger partial charge in [0.1, 0.15) is 12.4 Å². The molecule has 0 aliphatic carbocycles. The molecule has 1 heterocycles. The van der Waals surface area contributed by atoms with E-state index < -0.39 is 0 Å². The van der Waals surface area contributed by atoms with Gasteiger partial charge in [0.15, 0.2) is 0 Å². The molecule has 0 atom stereocenters. The summed E-state index contributed by atoms with van der Waals surface area (Å²) < 4.78 is 5.57. The molecule has 0 fully saturated rings. The quantitative estimate of drug-likeness (QED) is 0.672. The molecule has 0 spiro atoms. The van der Waals surface area contributed by atoms with Crippen molar-refractivity contribution in [1.82, 2.24) is 0 Å². The van der Waals surface area contributed by atoms with Crippen LogP contribution < -0.4 is 4.74 Å². The Kier molecular flexibility index (Phi) is 3.44. The van der Waals surface area contributed by atoms with E-state index in [1.54, 1.807) is 0 Å². The number of hydrogen-bond acceptors (Lipinski definition) is 1. The van der Waals surface area contributed by atoms with E-state index in [-0.39, 0.29) is 0 Å². The third-order valence-electron chi connectivity index (χ3n) is 2.75. The first-order valence-corrected chi connectivity index (χ1v) is 5.62. The highest BCUT2D eigenvalue weighted by Gasteiger charge is 2.11. The van der Waals surface area contributed by atoms with Crippen molar-refractivity contribution in [3.8, 4) is 5.75 Å². The molecule has 1 radical (unpaired) electrons. The van der Waals surface area contributed by atoms with Gasteiger partial charge in [-0.05, 0) is 30.6 Å². The Labute approximate surface area is 91.8 Å². The van der Waals surface area contributed by atoms with Gasteiger partial charge in [-0.25, -0.2) is 0 Å². The van der Waals surface area contributed by atoms with Crippen molar-refractivity contribution in [3.63, 3.8) is 0 Å². The number of allylic oxidation sites excluding steroid dienone is 1. The van der Waals surface area contributed by atoms with Crippen molar-refractivity contribution in [1.29, 1.82) is 0 Å². The second-order valence-electron chi connectivity index (χ2n) is 3.85. The topological polar surface area (TPSA) is 9.23 Å². The zero-order valence-corrected chi connectivity index (χ0v) is 9.04. The summed E-state index contributed by atoms with van der Waals surface area (Å²) in [5.41, 5.74) is 2.71. The molecule has 0 unspecified atom stereocenters. The molecule has 0 amide bonds. The smallest absolute Gasteiger partial charge is 0.127 e. The Morgan fingerprint density at radius 3 is 2.93 bits per heavy atom. The van der Waals surface area contributed by atoms with Crippen LogP contribution in [0.5, 0.6) is 5.75 Å². The van der Waals surface area contributed by atoms with Crippen molar-refractivity contribution in [2.45, 2.75) is 25.7 Å². The van der Waals surface area contributed by atoms with E-state index in [9.17, 15) is 0 Å². The number of ether oxygens (including phenoxy) is 1. The van der Waals surface area contributed by atoms with Crippen molar-refractivity contribution in [2.24, 2.45) is 0 Å². The minimum absolute atomic E-state index is 0.719. The highest BCUT2D eigenvalue weighted by Crippen LogP contribution is 2.32. The molecule has 0 saturated carbocycles. The Morgan fingerprint density at radius 1 is 1.20 bits per heavy atom. The van der Waals surface area contributed by atoms with Crippen LogP contribution in [0.15, 0.2) is 30.3 Å². The monoisotopic (exact) mass is 201 g/mol. The number of hydrogen-bond donors (Lipinski definition) is 0. The van der Waals surface area contributed by atoms with Gasteiger partial charge >= 0.3 is 0 Å². The summed E-state index contributed by atoms with van der Waals surface area (Å²) in [6.07, 6.45) is 6.82. The van der Waals surface area contributed by atoms with Gasteiger partial charge in [-0.2, -0.15) is 0 Å². The summed E-state index contributed by atoms with van der Waals surface area (Å²) in [6.45, 7) is 4.59. The van der Waals surface area contributed by atoms with E-state index in [0.717, 1.165) is 25.2 Å². The van der Waals surface area contributed by atoms with Crippen LogP contribution in [0.2, 0.25) is 0 Å². The van der Waals surface area contributed by atoms with E-state index in [2.05, 4.69) is 25.1 Å². The van der Waals surface area contributed by atoms with E-state index in [1.807, 2.05) is 12.1 Å². The van der Waals surface area contributed by atoms with E-state index in [1.165, 1.54) is 24.0 Å². The van der Waals surface area contributed by atoms with Gasteiger partial charge in [-0.15, -0.1) is 0 Å². The lowest BCUT2D eigenvalue weighted by atomic mass is 9.97. The standard InChI is InChI=1S/C14H17O/c1-2-3-4-7-12-10-11-15-14-9-6-5-8-13(12)14/h5-6,8-10H,1-4,7,11H2. The lowest BCUT2D eigenvalue weighted by Gasteiger charge is -2.18. The molecule has 1 aromatic rings. The summed E-state index contributed by atoms with van der Waals surface area (Å²) >= 11 is 0. The molecule has 0 saturated heterocycles. The lowest BCUT2D eigenvalue weighted by molar-refractivity contribution is 0.356. The first kappa shape index (κ1) is 10.3. The second kappa shape index (κ2) is 5.01. The molecule has 0 bridgehead atoms. The highest BCUT2D eigenvalue weighted by atomic mass is 16.5. The summed E-state index contributed by atoms with van der Waals surface area (Å²) in [7, 11) is 0. The lowest BCUT2D eigenvalue weighted by Crippen LogP contribution is -2.04. The fourth-order valence-corrected chi connectivity index (χ4v) is 1.93. The van der Waals surface area contributed by atoms with Crippen molar-refractivity contribution >= 4 is 5.57 Å². The molecule has 1 aromatic carbocycles. The van der Waals surface area contributed by atoms with Gasteiger partial charge in [0.2, 0.25) is 0 Å². The van der Waals surface area contributed by atoms with Crippen LogP contribution in [0.25, 0.3) is 5.57 Å². The van der Waals surface area contributed by atoms with Crippen LogP contribution in [-0.4, -0.2) is 6.61 Å². The summed E-state index contributed by atoms with van der Waals surface area (Å²) in [5.74, 6) is 1.03. The van der Waals surface area contributed by atoms with Crippen LogP contribution in [0, 0.1) is 6.92 Å². The zero-order chi connectivity index (χ0) is 10.5. The maximum Gasteiger partial charge on any atom is 0.127 e. The van der Waals surface area contributed by atoms with E-state index in [4.69, 9.17) is 4.74 Å². The molecule has 1 aliphatic rings. The van der Waals surface area contributed by atoms with E-state index in [0.29, 0.717) is 0 Å². The van der Waals surface area contributed by atoms with Crippen LogP contribution in [0.1, 0.15) is 31.2 Å². The minimum atomic E-state index is 0.719. The average molecular weight is 201 g/mol. The number of para-hydroxylation sites is 1. The van der Waals surface area contributed by atoms with Crippen molar-refractivity contribution < 1.29 is 4.74 Å². The highest BCUT2D eigenvalue weighted by molar-refractivity contribution is 5.71. The average Bonchev–Trinajstić information content (AvgIpc) is 2.30. The largest absolute Gasteiger partial charge is 0.489 e. The molecular formula is C14H17O. The summed E-state index contributed by atoms with van der Waals surface area (Å²) in [6, 6.07) is 8.29. The number of fused-ring (bicyclic) bond motifs is 1. The normalized spacial score (nSPS) is 14.1. The van der Waals surface area contributed by atoms with Crippen molar-refractivity contribution in [3.05, 3.63) is 42.8 Å². The maximum atomic E-state index is 5.57. The third-order valence-corrected chi connectivity index (χ3v) is 2.75. The number of unbranched alkanes of at least 4 members (excludes halogenated alkanes) is 2. The first-order valence-electron chi connectivity index (χ1n) is 5.62. The predicted octanol–water partition coefficient (Wildman–Crippen LogP) is 3.86. The van der Waals surface area contributed by atoms with Crippen LogP contribution in [-0.2, 0) is 0 Å². The third kappa shape index (κ3) is 2.41. The minimum Gasteiger partial charge on any atom is -0.489 e. The first-order chi connectivity index (χ1) is 7.42. The molecule has 1 aliphatic heterocycles. The van der Waals surface area contributed by atoms with Crippen LogP contribution in [0.4, 0.5) is 0 Å². The SMILES string of the molecule is [CH2]CCCCC1=CCOc2ccccc21. The fraction of sp³-hybridized carbons (Fsp3) is 0.357. The van der Waals surface area contributed by atoms with Gasteiger partial charge in [0.05, 0.1) is 0 Å². The summed E-state index contributed by atoms with van der Waals surface area (Å²) in [5, 5.41) is 0. The van der Waals surface area contributed by atoms with Gasteiger partial charge in [-0.1, -0.05) is 38.0 Å². The molecule has 1 nitrogen and oxygen atoms in total. The molecule has 1 heteroatoms. The second-order valence-corrected chi connectivity index (χ2v) is 3.85. The van der Waals surface area contributed by atoms with Crippen LogP contribution in [0.3, 0.4) is 0 Å². The number of rotatable bonds is 4. The Balaban J connectivity index is 2.09. The molecule has 79 valence electrons. The van der Waals surface area contributed by atoms with Gasteiger partial charge < -0.3 is 4.74 Å². The Bertz CT molecular complexity index is 352. The number of benzene rings is 1. The predicted molar refractivity (Wildman–Crippen MR) is 63.7 cm³/mol.